The van der Waals surface area contributed by atoms with Gasteiger partial charge in [0, 0.05) is 18.3 Å². The molecular weight excluding hydrogens is 434 g/mol. The number of benzene rings is 2. The van der Waals surface area contributed by atoms with Gasteiger partial charge in [-0.1, -0.05) is 56.6 Å². The Labute approximate surface area is 187 Å². The van der Waals surface area contributed by atoms with Crippen molar-refractivity contribution in [2.75, 3.05) is 5.32 Å². The van der Waals surface area contributed by atoms with Crippen LogP contribution in [-0.2, 0) is 22.0 Å². The standard InChI is InChI=1S/C23H24ClN3O3S/c1-23(2,3)18-10-12-19(13-11-18)31(29,30)26-15-16-6-8-17(9-7-16)22(28)27-20-5-4-14-25-21(20)24/h4-14,26H,15H2,1-3H3,(H,27,28). The number of rotatable bonds is 6. The summed E-state index contributed by atoms with van der Waals surface area (Å²) in [7, 11) is -3.64. The monoisotopic (exact) mass is 457 g/mol. The fraction of sp³-hybridized carbons (Fsp3) is 0.217. The van der Waals surface area contributed by atoms with Crippen molar-refractivity contribution in [1.82, 2.24) is 9.71 Å². The largest absolute Gasteiger partial charge is 0.319 e. The smallest absolute Gasteiger partial charge is 0.255 e. The zero-order chi connectivity index (χ0) is 22.6. The van der Waals surface area contributed by atoms with E-state index in [1.165, 1.54) is 6.20 Å². The second-order valence-corrected chi connectivity index (χ2v) is 10.2. The van der Waals surface area contributed by atoms with E-state index in [1.807, 2.05) is 12.1 Å². The molecule has 0 fully saturated rings. The summed E-state index contributed by atoms with van der Waals surface area (Å²) in [5, 5.41) is 2.90. The Kier molecular flexibility index (Phi) is 6.79. The minimum Gasteiger partial charge on any atom is -0.319 e. The first kappa shape index (κ1) is 22.9. The Hall–Kier alpha value is -2.74. The van der Waals surface area contributed by atoms with Gasteiger partial charge < -0.3 is 5.32 Å². The lowest BCUT2D eigenvalue weighted by Crippen LogP contribution is -2.23. The van der Waals surface area contributed by atoms with Crippen LogP contribution < -0.4 is 10.0 Å². The highest BCUT2D eigenvalue weighted by Crippen LogP contribution is 2.23. The predicted molar refractivity (Wildman–Crippen MR) is 123 cm³/mol. The number of halogens is 1. The van der Waals surface area contributed by atoms with Gasteiger partial charge in [-0.3, -0.25) is 4.79 Å². The summed E-state index contributed by atoms with van der Waals surface area (Å²) in [6, 6.07) is 16.9. The third-order valence-electron chi connectivity index (χ3n) is 4.72. The lowest BCUT2D eigenvalue weighted by molar-refractivity contribution is 0.102. The lowest BCUT2D eigenvalue weighted by Gasteiger charge is -2.19. The molecular formula is C23H24ClN3O3S. The maximum atomic E-state index is 12.6. The SMILES string of the molecule is CC(C)(C)c1ccc(S(=O)(=O)NCc2ccc(C(=O)Nc3cccnc3Cl)cc2)cc1. The predicted octanol–water partition coefficient (Wildman–Crippen LogP) is 4.76. The van der Waals surface area contributed by atoms with Crippen molar-refractivity contribution in [2.45, 2.75) is 37.6 Å². The number of pyridine rings is 1. The van der Waals surface area contributed by atoms with Crippen LogP contribution in [0.5, 0.6) is 0 Å². The van der Waals surface area contributed by atoms with Crippen LogP contribution in [0.4, 0.5) is 5.69 Å². The van der Waals surface area contributed by atoms with Crippen molar-refractivity contribution in [1.29, 1.82) is 0 Å². The minimum absolute atomic E-state index is 0.0495. The molecule has 0 saturated heterocycles. The molecule has 3 rings (SSSR count). The van der Waals surface area contributed by atoms with Crippen LogP contribution in [0.15, 0.2) is 71.8 Å². The molecule has 31 heavy (non-hydrogen) atoms. The molecule has 1 aromatic heterocycles. The number of sulfonamides is 1. The van der Waals surface area contributed by atoms with E-state index in [4.69, 9.17) is 11.6 Å². The second-order valence-electron chi connectivity index (χ2n) is 8.09. The maximum absolute atomic E-state index is 12.6. The Balaban J connectivity index is 1.63. The first-order chi connectivity index (χ1) is 14.6. The van der Waals surface area contributed by atoms with Crippen LogP contribution in [0.1, 0.15) is 42.3 Å². The zero-order valence-corrected chi connectivity index (χ0v) is 19.1. The highest BCUT2D eigenvalue weighted by Gasteiger charge is 2.17. The van der Waals surface area contributed by atoms with Crippen LogP contribution >= 0.6 is 11.6 Å². The molecule has 0 radical (unpaired) electrons. The van der Waals surface area contributed by atoms with E-state index in [2.05, 4.69) is 35.8 Å². The molecule has 0 aliphatic carbocycles. The van der Waals surface area contributed by atoms with Crippen molar-refractivity contribution in [2.24, 2.45) is 0 Å². The third-order valence-corrected chi connectivity index (χ3v) is 6.44. The minimum atomic E-state index is -3.64. The molecule has 0 bridgehead atoms. The average molecular weight is 458 g/mol. The van der Waals surface area contributed by atoms with Crippen molar-refractivity contribution in [3.05, 3.63) is 88.7 Å². The van der Waals surface area contributed by atoms with Crippen molar-refractivity contribution >= 4 is 33.2 Å². The number of carbonyl (C=O) groups excluding carboxylic acids is 1. The van der Waals surface area contributed by atoms with Gasteiger partial charge in [-0.05, 0) is 52.9 Å². The summed E-state index contributed by atoms with van der Waals surface area (Å²) < 4.78 is 27.8. The Morgan fingerprint density at radius 3 is 2.23 bits per heavy atom. The molecule has 0 saturated carbocycles. The molecule has 0 spiro atoms. The van der Waals surface area contributed by atoms with E-state index in [9.17, 15) is 13.2 Å². The van der Waals surface area contributed by atoms with Crippen LogP contribution in [0, 0.1) is 0 Å². The summed E-state index contributed by atoms with van der Waals surface area (Å²) in [5.74, 6) is -0.332. The number of nitrogens with zero attached hydrogens (tertiary/aromatic N) is 1. The first-order valence-corrected chi connectivity index (χ1v) is 11.5. The van der Waals surface area contributed by atoms with E-state index >= 15 is 0 Å². The molecule has 2 N–H and O–H groups in total. The number of hydrogen-bond donors (Lipinski definition) is 2. The van der Waals surface area contributed by atoms with Crippen LogP contribution in [0.2, 0.25) is 5.15 Å². The molecule has 3 aromatic rings. The van der Waals surface area contributed by atoms with Gasteiger partial charge in [-0.2, -0.15) is 0 Å². The molecule has 2 aromatic carbocycles. The summed E-state index contributed by atoms with van der Waals surface area (Å²) >= 11 is 5.96. The van der Waals surface area contributed by atoms with Gasteiger partial charge in [0.05, 0.1) is 10.6 Å². The van der Waals surface area contributed by atoms with Gasteiger partial charge in [0.25, 0.3) is 5.91 Å². The van der Waals surface area contributed by atoms with Crippen molar-refractivity contribution in [3.8, 4) is 0 Å². The fourth-order valence-corrected chi connectivity index (χ4v) is 4.03. The topological polar surface area (TPSA) is 88.2 Å². The van der Waals surface area contributed by atoms with E-state index < -0.39 is 10.0 Å². The Morgan fingerprint density at radius 1 is 1.00 bits per heavy atom. The Bertz CT molecular complexity index is 1170. The molecule has 162 valence electrons. The molecule has 0 atom stereocenters. The number of hydrogen-bond acceptors (Lipinski definition) is 4. The van der Waals surface area contributed by atoms with Gasteiger partial charge in [0.1, 0.15) is 0 Å². The maximum Gasteiger partial charge on any atom is 0.255 e. The van der Waals surface area contributed by atoms with Gasteiger partial charge in [0.2, 0.25) is 10.0 Å². The Morgan fingerprint density at radius 2 is 1.65 bits per heavy atom. The molecule has 0 aliphatic heterocycles. The first-order valence-electron chi connectivity index (χ1n) is 9.67. The quantitative estimate of drug-likeness (QED) is 0.522. The summed E-state index contributed by atoms with van der Waals surface area (Å²) in [4.78, 5) is 16.5. The van der Waals surface area contributed by atoms with E-state index in [1.54, 1.807) is 48.5 Å². The van der Waals surface area contributed by atoms with Gasteiger partial charge in [-0.15, -0.1) is 0 Å². The number of anilines is 1. The highest BCUT2D eigenvalue weighted by molar-refractivity contribution is 7.89. The second kappa shape index (κ2) is 9.18. The third kappa shape index (κ3) is 5.91. The molecule has 8 heteroatoms. The van der Waals surface area contributed by atoms with Crippen LogP contribution in [0.3, 0.4) is 0 Å². The molecule has 0 unspecified atom stereocenters. The van der Waals surface area contributed by atoms with Crippen LogP contribution in [-0.4, -0.2) is 19.3 Å². The number of amides is 1. The fourth-order valence-electron chi connectivity index (χ4n) is 2.84. The van der Waals surface area contributed by atoms with E-state index in [0.717, 1.165) is 11.1 Å². The molecule has 6 nitrogen and oxygen atoms in total. The number of carbonyl (C=O) groups is 1. The molecule has 1 heterocycles. The zero-order valence-electron chi connectivity index (χ0n) is 17.5. The van der Waals surface area contributed by atoms with Crippen molar-refractivity contribution < 1.29 is 13.2 Å². The lowest BCUT2D eigenvalue weighted by atomic mass is 9.87. The van der Waals surface area contributed by atoms with Crippen molar-refractivity contribution in [3.63, 3.8) is 0 Å². The highest BCUT2D eigenvalue weighted by atomic mass is 35.5. The summed E-state index contributed by atoms with van der Waals surface area (Å²) in [5.41, 5.74) is 2.58. The van der Waals surface area contributed by atoms with Crippen LogP contribution in [0.25, 0.3) is 0 Å². The van der Waals surface area contributed by atoms with Gasteiger partial charge in [-0.25, -0.2) is 18.1 Å². The molecule has 1 amide bonds. The average Bonchev–Trinajstić information content (AvgIpc) is 2.74. The van der Waals surface area contributed by atoms with E-state index in [0.29, 0.717) is 11.3 Å². The summed E-state index contributed by atoms with van der Waals surface area (Å²) in [6.45, 7) is 6.33. The molecule has 0 aliphatic rings. The van der Waals surface area contributed by atoms with E-state index in [-0.39, 0.29) is 27.9 Å². The number of nitrogens with one attached hydrogen (secondary N) is 2. The van der Waals surface area contributed by atoms with Gasteiger partial charge >= 0.3 is 0 Å². The number of aromatic nitrogens is 1. The normalized spacial score (nSPS) is 11.9. The van der Waals surface area contributed by atoms with Gasteiger partial charge in [0.15, 0.2) is 5.15 Å². The summed E-state index contributed by atoms with van der Waals surface area (Å²) in [6.07, 6.45) is 1.53.